The Morgan fingerprint density at radius 1 is 1.05 bits per heavy atom. The van der Waals surface area contributed by atoms with Gasteiger partial charge < -0.3 is 10.1 Å². The van der Waals surface area contributed by atoms with E-state index in [1.807, 2.05) is 42.5 Å². The third-order valence-electron chi connectivity index (χ3n) is 6.00. The van der Waals surface area contributed by atoms with Gasteiger partial charge in [0.1, 0.15) is 0 Å². The van der Waals surface area contributed by atoms with Crippen LogP contribution in [0.25, 0.3) is 22.0 Å². The second kappa shape index (κ2) is 12.6. The molecule has 37 heavy (non-hydrogen) atoms. The summed E-state index contributed by atoms with van der Waals surface area (Å²) in [6.45, 7) is 2.58. The molecule has 2 aromatic heterocycles. The molecule has 0 spiro atoms. The number of aromatic amines is 1. The number of hydrogen-bond acceptors (Lipinski definition) is 5. The van der Waals surface area contributed by atoms with Crippen molar-refractivity contribution in [3.8, 4) is 6.01 Å². The number of nitrogens with one attached hydrogen (secondary N) is 2. The van der Waals surface area contributed by atoms with E-state index in [0.717, 1.165) is 53.5 Å². The number of halogens is 1. The number of hydrogen-bond donors (Lipinski definition) is 2. The number of fused-ring (bicyclic) bond motifs is 1. The molecule has 0 bridgehead atoms. The summed E-state index contributed by atoms with van der Waals surface area (Å²) < 4.78 is 20.0. The average molecular weight is 500 g/mol. The van der Waals surface area contributed by atoms with Crippen molar-refractivity contribution in [3.63, 3.8) is 0 Å². The fourth-order valence-electron chi connectivity index (χ4n) is 4.14. The fourth-order valence-corrected chi connectivity index (χ4v) is 4.14. The van der Waals surface area contributed by atoms with Crippen LogP contribution in [-0.4, -0.2) is 39.7 Å². The van der Waals surface area contributed by atoms with E-state index < -0.39 is 5.95 Å². The molecule has 0 saturated carbocycles. The fraction of sp³-hybridized carbons (Fsp3) is 0.241. The highest BCUT2D eigenvalue weighted by Crippen LogP contribution is 2.35. The Labute approximate surface area is 215 Å². The summed E-state index contributed by atoms with van der Waals surface area (Å²) in [5.41, 5.74) is 5.36. The third kappa shape index (κ3) is 6.46. The number of amides is 1. The van der Waals surface area contributed by atoms with E-state index in [1.165, 1.54) is 6.08 Å². The number of H-pyrrole nitrogens is 1. The minimum atomic E-state index is -0.460. The van der Waals surface area contributed by atoms with Gasteiger partial charge in [0.05, 0.1) is 17.5 Å². The number of ether oxygens (including phenoxy) is 1. The quantitative estimate of drug-likeness (QED) is 0.157. The second-order valence-corrected chi connectivity index (χ2v) is 8.46. The Morgan fingerprint density at radius 2 is 1.84 bits per heavy atom. The van der Waals surface area contributed by atoms with Crippen LogP contribution >= 0.6 is 0 Å². The molecule has 8 heteroatoms. The Bertz CT molecular complexity index is 1400. The molecule has 190 valence electrons. The van der Waals surface area contributed by atoms with E-state index in [1.54, 1.807) is 19.4 Å². The zero-order valence-corrected chi connectivity index (χ0v) is 21.0. The summed E-state index contributed by atoms with van der Waals surface area (Å²) in [5.74, 6) is -0.565. The van der Waals surface area contributed by atoms with Gasteiger partial charge in [0.25, 0.3) is 0 Å². The molecule has 0 aliphatic heterocycles. The molecule has 7 nitrogen and oxygen atoms in total. The highest BCUT2D eigenvalue weighted by atomic mass is 19.1. The normalized spacial score (nSPS) is 12.1. The Balaban J connectivity index is 1.56. The molecule has 2 heterocycles. The van der Waals surface area contributed by atoms with Gasteiger partial charge in [-0.3, -0.25) is 9.89 Å². The summed E-state index contributed by atoms with van der Waals surface area (Å²) in [5, 5.41) is 9.41. The van der Waals surface area contributed by atoms with E-state index in [2.05, 4.69) is 44.5 Å². The van der Waals surface area contributed by atoms with Crippen molar-refractivity contribution in [1.82, 2.24) is 25.5 Å². The summed E-state index contributed by atoms with van der Waals surface area (Å²) >= 11 is 0. The second-order valence-electron chi connectivity index (χ2n) is 8.46. The van der Waals surface area contributed by atoms with Gasteiger partial charge in [-0.1, -0.05) is 49.4 Å². The zero-order valence-electron chi connectivity index (χ0n) is 21.0. The summed E-state index contributed by atoms with van der Waals surface area (Å²) in [6.07, 6.45) is 10.1. The van der Waals surface area contributed by atoms with E-state index in [-0.39, 0.29) is 5.91 Å². The molecule has 0 atom stereocenters. The summed E-state index contributed by atoms with van der Waals surface area (Å²) in [6, 6.07) is 16.0. The lowest BCUT2D eigenvalue weighted by atomic mass is 9.89. The summed E-state index contributed by atoms with van der Waals surface area (Å²) in [7, 11) is 1.60. The molecule has 1 amide bonds. The maximum absolute atomic E-state index is 14.3. The molecule has 4 rings (SSSR count). The van der Waals surface area contributed by atoms with Crippen LogP contribution in [0.15, 0.2) is 73.1 Å². The van der Waals surface area contributed by atoms with E-state index in [9.17, 15) is 9.18 Å². The van der Waals surface area contributed by atoms with Crippen molar-refractivity contribution in [3.05, 3.63) is 95.7 Å². The molecule has 0 unspecified atom stereocenters. The van der Waals surface area contributed by atoms with Gasteiger partial charge in [-0.25, -0.2) is 9.97 Å². The van der Waals surface area contributed by atoms with E-state index >= 15 is 0 Å². The number of carbonyl (C=O) groups is 1. The smallest absolute Gasteiger partial charge is 0.316 e. The molecule has 0 aliphatic carbocycles. The van der Waals surface area contributed by atoms with Crippen molar-refractivity contribution in [2.75, 3.05) is 13.7 Å². The van der Waals surface area contributed by atoms with E-state index in [0.29, 0.717) is 23.5 Å². The topological polar surface area (TPSA) is 92.8 Å². The Hall–Kier alpha value is -4.33. The molecule has 2 N–H and O–H groups in total. The number of unbranched alkanes of at least 4 members (excludes halogenated alkanes) is 2. The SMILES string of the molecule is CC/C(=C(/c1cnc(OCCCC/C=C/C(=O)NC)nc1)c1ccc2n[nH]c(F)c2c1)c1ccccc1. The molecular weight excluding hydrogens is 469 g/mol. The molecule has 4 aromatic rings. The molecule has 0 aliphatic rings. The van der Waals surface area contributed by atoms with Crippen molar-refractivity contribution >= 4 is 28.0 Å². The van der Waals surface area contributed by atoms with Crippen molar-refractivity contribution in [2.45, 2.75) is 32.6 Å². The number of likely N-dealkylation sites (N-methyl/N-ethyl adjacent to an activating group) is 1. The maximum atomic E-state index is 14.3. The number of allylic oxidation sites excluding steroid dienone is 2. The van der Waals surface area contributed by atoms with Gasteiger partial charge in [-0.05, 0) is 66.2 Å². The van der Waals surface area contributed by atoms with Crippen LogP contribution in [0.5, 0.6) is 6.01 Å². The zero-order chi connectivity index (χ0) is 26.0. The number of aromatic nitrogens is 4. The molecule has 2 aromatic carbocycles. The number of benzene rings is 2. The van der Waals surface area contributed by atoms with Gasteiger partial charge in [0.15, 0.2) is 0 Å². The lowest BCUT2D eigenvalue weighted by Crippen LogP contribution is -2.13. The third-order valence-corrected chi connectivity index (χ3v) is 6.00. The first-order valence-electron chi connectivity index (χ1n) is 12.4. The first-order chi connectivity index (χ1) is 18.1. The number of carbonyl (C=O) groups excluding carboxylic acids is 1. The highest BCUT2D eigenvalue weighted by molar-refractivity contribution is 6.00. The van der Waals surface area contributed by atoms with Crippen LogP contribution in [0.3, 0.4) is 0 Å². The minimum absolute atomic E-state index is 0.105. The Kier molecular flexibility index (Phi) is 8.75. The van der Waals surface area contributed by atoms with Crippen molar-refractivity contribution < 1.29 is 13.9 Å². The van der Waals surface area contributed by atoms with Gasteiger partial charge in [-0.15, -0.1) is 0 Å². The molecular formula is C29H30FN5O2. The monoisotopic (exact) mass is 499 g/mol. The van der Waals surface area contributed by atoms with Gasteiger partial charge >= 0.3 is 6.01 Å². The summed E-state index contributed by atoms with van der Waals surface area (Å²) in [4.78, 5) is 20.1. The van der Waals surface area contributed by atoms with Crippen LogP contribution in [0, 0.1) is 5.95 Å². The first kappa shape index (κ1) is 25.8. The van der Waals surface area contributed by atoms with Crippen LogP contribution in [0.1, 0.15) is 49.3 Å². The number of nitrogens with zero attached hydrogens (tertiary/aromatic N) is 3. The molecule has 0 radical (unpaired) electrons. The highest BCUT2D eigenvalue weighted by Gasteiger charge is 2.16. The number of rotatable bonds is 11. The van der Waals surface area contributed by atoms with Crippen molar-refractivity contribution in [1.29, 1.82) is 0 Å². The van der Waals surface area contributed by atoms with Crippen LogP contribution < -0.4 is 10.1 Å². The van der Waals surface area contributed by atoms with Gasteiger partial charge in [0.2, 0.25) is 11.9 Å². The largest absolute Gasteiger partial charge is 0.463 e. The van der Waals surface area contributed by atoms with Crippen LogP contribution in [0.2, 0.25) is 0 Å². The maximum Gasteiger partial charge on any atom is 0.316 e. The molecule has 0 saturated heterocycles. The molecule has 0 fully saturated rings. The minimum Gasteiger partial charge on any atom is -0.463 e. The lowest BCUT2D eigenvalue weighted by molar-refractivity contribution is -0.116. The van der Waals surface area contributed by atoms with Gasteiger partial charge in [-0.2, -0.15) is 9.49 Å². The standard InChI is InChI=1S/C29H30FN5O2/c1-3-23(20-11-7-6-8-12-20)27(21-14-15-25-24(17-21)28(30)35-34-25)22-18-32-29(33-19-22)37-16-10-5-4-9-13-26(36)31-2/h6-9,11-15,17-19H,3-5,10,16H2,1-2H3,(H,31,36)(H,34,35)/b13-9+,27-23-. The van der Waals surface area contributed by atoms with Crippen LogP contribution in [-0.2, 0) is 4.79 Å². The predicted molar refractivity (Wildman–Crippen MR) is 143 cm³/mol. The average Bonchev–Trinajstić information content (AvgIpc) is 3.31. The van der Waals surface area contributed by atoms with E-state index in [4.69, 9.17) is 4.74 Å². The predicted octanol–water partition coefficient (Wildman–Crippen LogP) is 5.71. The first-order valence-corrected chi connectivity index (χ1v) is 12.4. The Morgan fingerprint density at radius 3 is 2.57 bits per heavy atom. The van der Waals surface area contributed by atoms with Gasteiger partial charge in [0, 0.05) is 25.0 Å². The van der Waals surface area contributed by atoms with Crippen molar-refractivity contribution in [2.24, 2.45) is 0 Å². The lowest BCUT2D eigenvalue weighted by Gasteiger charge is -2.16. The van der Waals surface area contributed by atoms with Crippen LogP contribution in [0.4, 0.5) is 4.39 Å².